The van der Waals surface area contributed by atoms with Crippen LogP contribution in [0.4, 0.5) is 5.69 Å². The molecule has 0 aliphatic carbocycles. The predicted molar refractivity (Wildman–Crippen MR) is 79.7 cm³/mol. The average Bonchev–Trinajstić information content (AvgIpc) is 2.80. The summed E-state index contributed by atoms with van der Waals surface area (Å²) in [5, 5.41) is 5.25. The number of rotatable bonds is 5. The number of carbonyl (C=O) groups excluding carboxylic acids is 2. The lowest BCUT2D eigenvalue weighted by molar-refractivity contribution is -0.120. The Balaban J connectivity index is 2.04. The van der Waals surface area contributed by atoms with Crippen molar-refractivity contribution in [3.63, 3.8) is 0 Å². The standard InChI is InChI=1S/C13H16N4O2S/c1-2-5-15-9(18)7-17-13(19)12-10(14)11-8(20-12)4-3-6-16-11/h3-4,6H,2,5,7,14H2,1H3,(H,15,18)(H,17,19). The van der Waals surface area contributed by atoms with Crippen molar-refractivity contribution in [1.82, 2.24) is 15.6 Å². The number of nitrogens with one attached hydrogen (secondary N) is 2. The van der Waals surface area contributed by atoms with Crippen molar-refractivity contribution in [3.8, 4) is 0 Å². The van der Waals surface area contributed by atoms with Gasteiger partial charge in [0.1, 0.15) is 10.4 Å². The number of nitrogens with two attached hydrogens (primary N) is 1. The van der Waals surface area contributed by atoms with Gasteiger partial charge in [-0.15, -0.1) is 11.3 Å². The summed E-state index contributed by atoms with van der Waals surface area (Å²) in [6, 6.07) is 3.65. The highest BCUT2D eigenvalue weighted by atomic mass is 32.1. The van der Waals surface area contributed by atoms with Crippen LogP contribution in [-0.4, -0.2) is 29.9 Å². The normalized spacial score (nSPS) is 10.4. The minimum Gasteiger partial charge on any atom is -0.396 e. The number of aromatic nitrogens is 1. The predicted octanol–water partition coefficient (Wildman–Crippen LogP) is 1.13. The molecule has 2 aromatic heterocycles. The van der Waals surface area contributed by atoms with Gasteiger partial charge in [-0.2, -0.15) is 0 Å². The van der Waals surface area contributed by atoms with Gasteiger partial charge in [0.15, 0.2) is 0 Å². The summed E-state index contributed by atoms with van der Waals surface area (Å²) in [6.07, 6.45) is 2.49. The van der Waals surface area contributed by atoms with Gasteiger partial charge >= 0.3 is 0 Å². The molecule has 0 unspecified atom stereocenters. The molecule has 20 heavy (non-hydrogen) atoms. The number of hydrogen-bond donors (Lipinski definition) is 3. The minimum absolute atomic E-state index is 0.0556. The Kier molecular flexibility index (Phi) is 4.52. The number of pyridine rings is 1. The first-order valence-corrected chi connectivity index (χ1v) is 7.13. The molecule has 0 aliphatic heterocycles. The van der Waals surface area contributed by atoms with Crippen LogP contribution in [0, 0.1) is 0 Å². The van der Waals surface area contributed by atoms with E-state index in [2.05, 4.69) is 15.6 Å². The smallest absolute Gasteiger partial charge is 0.264 e. The summed E-state index contributed by atoms with van der Waals surface area (Å²) in [5.74, 6) is -0.560. The fourth-order valence-corrected chi connectivity index (χ4v) is 2.68. The van der Waals surface area contributed by atoms with Crippen molar-refractivity contribution >= 4 is 39.1 Å². The maximum absolute atomic E-state index is 12.0. The van der Waals surface area contributed by atoms with Crippen molar-refractivity contribution in [2.45, 2.75) is 13.3 Å². The first kappa shape index (κ1) is 14.3. The van der Waals surface area contributed by atoms with Crippen LogP contribution in [0.5, 0.6) is 0 Å². The van der Waals surface area contributed by atoms with Crippen LogP contribution >= 0.6 is 11.3 Å². The second kappa shape index (κ2) is 6.33. The first-order chi connectivity index (χ1) is 9.63. The fourth-order valence-electron chi connectivity index (χ4n) is 1.68. The lowest BCUT2D eigenvalue weighted by atomic mass is 10.3. The van der Waals surface area contributed by atoms with Gasteiger partial charge in [-0.05, 0) is 18.6 Å². The molecule has 0 spiro atoms. The van der Waals surface area contributed by atoms with Gasteiger partial charge in [0, 0.05) is 12.7 Å². The van der Waals surface area contributed by atoms with Crippen LogP contribution in [-0.2, 0) is 4.79 Å². The van der Waals surface area contributed by atoms with Gasteiger partial charge in [-0.1, -0.05) is 6.92 Å². The second-order valence-electron chi connectivity index (χ2n) is 4.23. The van der Waals surface area contributed by atoms with Gasteiger partial charge < -0.3 is 16.4 Å². The topological polar surface area (TPSA) is 97.1 Å². The van der Waals surface area contributed by atoms with Crippen LogP contribution in [0.3, 0.4) is 0 Å². The Bertz CT molecular complexity index is 638. The highest BCUT2D eigenvalue weighted by molar-refractivity contribution is 7.21. The van der Waals surface area contributed by atoms with Crippen LogP contribution < -0.4 is 16.4 Å². The van der Waals surface area contributed by atoms with Crippen molar-refractivity contribution in [3.05, 3.63) is 23.2 Å². The maximum Gasteiger partial charge on any atom is 0.264 e. The molecular weight excluding hydrogens is 276 g/mol. The molecule has 2 amide bonds. The third-order valence-electron chi connectivity index (χ3n) is 2.67. The molecule has 0 bridgehead atoms. The number of fused-ring (bicyclic) bond motifs is 1. The Morgan fingerprint density at radius 1 is 1.40 bits per heavy atom. The Morgan fingerprint density at radius 2 is 2.20 bits per heavy atom. The summed E-state index contributed by atoms with van der Waals surface area (Å²) in [4.78, 5) is 28.0. The molecule has 0 aliphatic rings. The molecule has 6 nitrogen and oxygen atoms in total. The van der Waals surface area contributed by atoms with Crippen molar-refractivity contribution in [1.29, 1.82) is 0 Å². The Hall–Kier alpha value is -2.15. The van der Waals surface area contributed by atoms with E-state index in [1.165, 1.54) is 11.3 Å². The molecule has 106 valence electrons. The molecule has 2 heterocycles. The number of anilines is 1. The number of hydrogen-bond acceptors (Lipinski definition) is 5. The average molecular weight is 292 g/mol. The van der Waals surface area contributed by atoms with E-state index in [-0.39, 0.29) is 18.4 Å². The number of nitrogen functional groups attached to an aromatic ring is 1. The van der Waals surface area contributed by atoms with Crippen LogP contribution in [0.1, 0.15) is 23.0 Å². The molecule has 0 saturated carbocycles. The van der Waals surface area contributed by atoms with Gasteiger partial charge in [-0.3, -0.25) is 14.6 Å². The quantitative estimate of drug-likeness (QED) is 0.769. The van der Waals surface area contributed by atoms with E-state index >= 15 is 0 Å². The molecule has 0 fully saturated rings. The van der Waals surface area contributed by atoms with Crippen LogP contribution in [0.15, 0.2) is 18.3 Å². The van der Waals surface area contributed by atoms with E-state index in [1.54, 1.807) is 12.3 Å². The number of thiophene rings is 1. The maximum atomic E-state index is 12.0. The summed E-state index contributed by atoms with van der Waals surface area (Å²) in [7, 11) is 0. The summed E-state index contributed by atoms with van der Waals surface area (Å²) >= 11 is 1.27. The molecule has 2 rings (SSSR count). The summed E-state index contributed by atoms with van der Waals surface area (Å²) < 4.78 is 0.852. The van der Waals surface area contributed by atoms with Crippen LogP contribution in [0.25, 0.3) is 10.2 Å². The largest absolute Gasteiger partial charge is 0.396 e. The van der Waals surface area contributed by atoms with E-state index < -0.39 is 0 Å². The van der Waals surface area contributed by atoms with E-state index in [4.69, 9.17) is 5.73 Å². The first-order valence-electron chi connectivity index (χ1n) is 6.31. The van der Waals surface area contributed by atoms with Gasteiger partial charge in [-0.25, -0.2) is 0 Å². The Labute approximate surface area is 120 Å². The zero-order chi connectivity index (χ0) is 14.5. The van der Waals surface area contributed by atoms with E-state index in [1.807, 2.05) is 13.0 Å². The van der Waals surface area contributed by atoms with Gasteiger partial charge in [0.25, 0.3) is 5.91 Å². The molecule has 4 N–H and O–H groups in total. The molecule has 0 aromatic carbocycles. The lowest BCUT2D eigenvalue weighted by Gasteiger charge is -2.05. The SMILES string of the molecule is CCCNC(=O)CNC(=O)c1sc2cccnc2c1N. The van der Waals surface area contributed by atoms with Crippen LogP contribution in [0.2, 0.25) is 0 Å². The molecule has 0 saturated heterocycles. The van der Waals surface area contributed by atoms with Gasteiger partial charge in [0.2, 0.25) is 5.91 Å². The zero-order valence-corrected chi connectivity index (χ0v) is 11.9. The van der Waals surface area contributed by atoms with Gasteiger partial charge in [0.05, 0.1) is 16.9 Å². The molecular formula is C13H16N4O2S. The number of carbonyl (C=O) groups is 2. The minimum atomic E-state index is -0.350. The number of amides is 2. The monoisotopic (exact) mass is 292 g/mol. The third kappa shape index (κ3) is 3.05. The molecule has 0 radical (unpaired) electrons. The Morgan fingerprint density at radius 3 is 2.90 bits per heavy atom. The summed E-state index contributed by atoms with van der Waals surface area (Å²) in [5.41, 5.74) is 6.89. The number of nitrogens with zero attached hydrogens (tertiary/aromatic N) is 1. The third-order valence-corrected chi connectivity index (χ3v) is 3.83. The van der Waals surface area contributed by atoms with E-state index in [9.17, 15) is 9.59 Å². The highest BCUT2D eigenvalue weighted by Gasteiger charge is 2.17. The molecule has 7 heteroatoms. The van der Waals surface area contributed by atoms with Crippen molar-refractivity contribution in [2.75, 3.05) is 18.8 Å². The highest BCUT2D eigenvalue weighted by Crippen LogP contribution is 2.31. The lowest BCUT2D eigenvalue weighted by Crippen LogP contribution is -2.37. The van der Waals surface area contributed by atoms with Crippen molar-refractivity contribution < 1.29 is 9.59 Å². The van der Waals surface area contributed by atoms with E-state index in [0.29, 0.717) is 22.6 Å². The molecule has 0 atom stereocenters. The molecule has 2 aromatic rings. The van der Waals surface area contributed by atoms with Crippen molar-refractivity contribution in [2.24, 2.45) is 0 Å². The second-order valence-corrected chi connectivity index (χ2v) is 5.28. The van der Waals surface area contributed by atoms with E-state index in [0.717, 1.165) is 11.1 Å². The zero-order valence-electron chi connectivity index (χ0n) is 11.1. The fraction of sp³-hybridized carbons (Fsp3) is 0.308. The summed E-state index contributed by atoms with van der Waals surface area (Å²) in [6.45, 7) is 2.51.